The van der Waals surface area contributed by atoms with Crippen LogP contribution in [0.1, 0.15) is 17.3 Å². The topological polar surface area (TPSA) is 79.3 Å². The van der Waals surface area contributed by atoms with Crippen molar-refractivity contribution in [3.63, 3.8) is 0 Å². The zero-order valence-electron chi connectivity index (χ0n) is 13.5. The molecule has 25 heavy (non-hydrogen) atoms. The van der Waals surface area contributed by atoms with Crippen LogP contribution in [0.4, 0.5) is 5.69 Å². The van der Waals surface area contributed by atoms with E-state index in [0.717, 1.165) is 15.9 Å². The summed E-state index contributed by atoms with van der Waals surface area (Å²) in [5.74, 6) is -0.271. The van der Waals surface area contributed by atoms with Gasteiger partial charge in [0.1, 0.15) is 5.75 Å². The van der Waals surface area contributed by atoms with Crippen LogP contribution in [0.2, 0.25) is 0 Å². The SMILES string of the molecule is CC(=O)Nc1cc(C(=O)CSc2ccc3ccccc3n2)ccc1O. The first-order valence-corrected chi connectivity index (χ1v) is 8.64. The average molecular weight is 352 g/mol. The Labute approximate surface area is 149 Å². The van der Waals surface area contributed by atoms with Gasteiger partial charge in [0.2, 0.25) is 5.91 Å². The first-order valence-electron chi connectivity index (χ1n) is 7.65. The van der Waals surface area contributed by atoms with E-state index >= 15 is 0 Å². The Hall–Kier alpha value is -2.86. The average Bonchev–Trinajstić information content (AvgIpc) is 2.61. The van der Waals surface area contributed by atoms with E-state index in [2.05, 4.69) is 10.3 Å². The van der Waals surface area contributed by atoms with E-state index < -0.39 is 0 Å². The summed E-state index contributed by atoms with van der Waals surface area (Å²) in [5.41, 5.74) is 1.54. The molecular weight excluding hydrogens is 336 g/mol. The number of anilines is 1. The van der Waals surface area contributed by atoms with Gasteiger partial charge >= 0.3 is 0 Å². The molecule has 0 saturated heterocycles. The predicted octanol–water partition coefficient (Wildman–Crippen LogP) is 3.87. The number of hydrogen-bond donors (Lipinski definition) is 2. The second-order valence-corrected chi connectivity index (χ2v) is 6.46. The number of carbonyl (C=O) groups is 2. The van der Waals surface area contributed by atoms with Crippen molar-refractivity contribution in [2.75, 3.05) is 11.1 Å². The lowest BCUT2D eigenvalue weighted by molar-refractivity contribution is -0.114. The monoisotopic (exact) mass is 352 g/mol. The molecule has 0 unspecified atom stereocenters. The van der Waals surface area contributed by atoms with Crippen molar-refractivity contribution in [3.8, 4) is 5.75 Å². The molecule has 0 atom stereocenters. The van der Waals surface area contributed by atoms with E-state index in [1.807, 2.05) is 36.4 Å². The van der Waals surface area contributed by atoms with E-state index in [9.17, 15) is 14.7 Å². The fraction of sp³-hybridized carbons (Fsp3) is 0.105. The third-order valence-corrected chi connectivity index (χ3v) is 4.48. The van der Waals surface area contributed by atoms with Gasteiger partial charge < -0.3 is 10.4 Å². The largest absolute Gasteiger partial charge is 0.506 e. The van der Waals surface area contributed by atoms with Crippen LogP contribution in [0, 0.1) is 0 Å². The van der Waals surface area contributed by atoms with Crippen molar-refractivity contribution < 1.29 is 14.7 Å². The molecule has 6 heteroatoms. The van der Waals surface area contributed by atoms with Crippen LogP contribution in [-0.2, 0) is 4.79 Å². The molecule has 1 aromatic heterocycles. The summed E-state index contributed by atoms with van der Waals surface area (Å²) in [6.45, 7) is 1.34. The molecule has 126 valence electrons. The zero-order valence-corrected chi connectivity index (χ0v) is 14.3. The van der Waals surface area contributed by atoms with Gasteiger partial charge in [-0.3, -0.25) is 9.59 Å². The van der Waals surface area contributed by atoms with Crippen molar-refractivity contribution in [1.82, 2.24) is 4.98 Å². The van der Waals surface area contributed by atoms with Crippen LogP contribution in [0.15, 0.2) is 59.6 Å². The summed E-state index contributed by atoms with van der Waals surface area (Å²) in [6.07, 6.45) is 0. The van der Waals surface area contributed by atoms with Crippen LogP contribution in [0.3, 0.4) is 0 Å². The smallest absolute Gasteiger partial charge is 0.221 e. The summed E-state index contributed by atoms with van der Waals surface area (Å²) >= 11 is 1.35. The number of benzene rings is 2. The first-order chi connectivity index (χ1) is 12.0. The van der Waals surface area contributed by atoms with Crippen molar-refractivity contribution in [3.05, 3.63) is 60.2 Å². The molecule has 5 nitrogen and oxygen atoms in total. The second-order valence-electron chi connectivity index (χ2n) is 5.47. The number of aromatic nitrogens is 1. The molecule has 3 aromatic rings. The summed E-state index contributed by atoms with van der Waals surface area (Å²) < 4.78 is 0. The Morgan fingerprint density at radius 2 is 1.92 bits per heavy atom. The van der Waals surface area contributed by atoms with E-state index in [-0.39, 0.29) is 28.9 Å². The van der Waals surface area contributed by atoms with Gasteiger partial charge in [-0.1, -0.05) is 36.0 Å². The Balaban J connectivity index is 1.72. The molecule has 0 spiro atoms. The molecule has 1 heterocycles. The number of amides is 1. The number of nitrogens with zero attached hydrogens (tertiary/aromatic N) is 1. The molecule has 0 aliphatic heterocycles. The molecule has 0 aliphatic rings. The maximum absolute atomic E-state index is 12.4. The summed E-state index contributed by atoms with van der Waals surface area (Å²) in [4.78, 5) is 28.1. The molecule has 0 aliphatic carbocycles. The van der Waals surface area contributed by atoms with E-state index in [1.54, 1.807) is 0 Å². The maximum Gasteiger partial charge on any atom is 0.221 e. The normalized spacial score (nSPS) is 10.6. The van der Waals surface area contributed by atoms with Gasteiger partial charge in [0.15, 0.2) is 5.78 Å². The number of hydrogen-bond acceptors (Lipinski definition) is 5. The number of ketones is 1. The fourth-order valence-corrected chi connectivity index (χ4v) is 3.12. The Kier molecular flexibility index (Phi) is 5.00. The van der Waals surface area contributed by atoms with E-state index in [1.165, 1.54) is 36.9 Å². The quantitative estimate of drug-likeness (QED) is 0.414. The third-order valence-electron chi connectivity index (χ3n) is 3.55. The molecule has 2 aromatic carbocycles. The maximum atomic E-state index is 12.4. The van der Waals surface area contributed by atoms with Gasteiger partial charge in [-0.05, 0) is 30.3 Å². The molecule has 2 N–H and O–H groups in total. The fourth-order valence-electron chi connectivity index (χ4n) is 2.35. The number of pyridine rings is 1. The van der Waals surface area contributed by atoms with Crippen molar-refractivity contribution in [2.24, 2.45) is 0 Å². The Bertz CT molecular complexity index is 956. The van der Waals surface area contributed by atoms with Gasteiger partial charge in [0.25, 0.3) is 0 Å². The highest BCUT2D eigenvalue weighted by Gasteiger charge is 2.11. The lowest BCUT2D eigenvalue weighted by atomic mass is 10.1. The van der Waals surface area contributed by atoms with Crippen molar-refractivity contribution in [2.45, 2.75) is 11.9 Å². The summed E-state index contributed by atoms with van der Waals surface area (Å²) in [7, 11) is 0. The lowest BCUT2D eigenvalue weighted by Gasteiger charge is -2.08. The summed E-state index contributed by atoms with van der Waals surface area (Å²) in [6, 6.07) is 16.1. The second kappa shape index (κ2) is 7.36. The molecule has 0 fully saturated rings. The highest BCUT2D eigenvalue weighted by Crippen LogP contribution is 2.26. The number of phenolic OH excluding ortho intramolecular Hbond substituents is 1. The molecule has 0 radical (unpaired) electrons. The minimum absolute atomic E-state index is 0.0735. The Morgan fingerprint density at radius 3 is 2.72 bits per heavy atom. The lowest BCUT2D eigenvalue weighted by Crippen LogP contribution is -2.08. The van der Waals surface area contributed by atoms with E-state index in [4.69, 9.17) is 0 Å². The predicted molar refractivity (Wildman–Crippen MR) is 99.2 cm³/mol. The molecule has 3 rings (SSSR count). The number of fused-ring (bicyclic) bond motifs is 1. The minimum Gasteiger partial charge on any atom is -0.506 e. The standard InChI is InChI=1S/C19H16N2O3S/c1-12(22)20-16-10-14(6-8-17(16)23)18(24)11-25-19-9-7-13-4-2-3-5-15(13)21-19/h2-10,23H,11H2,1H3,(H,20,22). The number of nitrogens with one attached hydrogen (secondary N) is 1. The van der Waals surface area contributed by atoms with Gasteiger partial charge in [-0.15, -0.1) is 0 Å². The number of Topliss-reactive ketones (excluding diaryl/α,β-unsaturated/α-hetero) is 1. The van der Waals surface area contributed by atoms with Gasteiger partial charge in [-0.25, -0.2) is 4.98 Å². The number of aromatic hydroxyl groups is 1. The number of thioether (sulfide) groups is 1. The van der Waals surface area contributed by atoms with Crippen LogP contribution in [0.25, 0.3) is 10.9 Å². The van der Waals surface area contributed by atoms with Gasteiger partial charge in [0, 0.05) is 17.9 Å². The minimum atomic E-state index is -0.311. The zero-order chi connectivity index (χ0) is 17.8. The van der Waals surface area contributed by atoms with E-state index in [0.29, 0.717) is 5.56 Å². The number of phenols is 1. The van der Waals surface area contributed by atoms with Crippen LogP contribution in [0.5, 0.6) is 5.75 Å². The third kappa shape index (κ3) is 4.16. The highest BCUT2D eigenvalue weighted by atomic mass is 32.2. The van der Waals surface area contributed by atoms with Gasteiger partial charge in [0.05, 0.1) is 22.0 Å². The number of carbonyl (C=O) groups excluding carboxylic acids is 2. The van der Waals surface area contributed by atoms with Gasteiger partial charge in [-0.2, -0.15) is 0 Å². The molecule has 1 amide bonds. The molecule has 0 bridgehead atoms. The summed E-state index contributed by atoms with van der Waals surface area (Å²) in [5, 5.41) is 14.1. The highest BCUT2D eigenvalue weighted by molar-refractivity contribution is 7.99. The number of para-hydroxylation sites is 1. The first kappa shape index (κ1) is 17.0. The molecule has 0 saturated carbocycles. The molecular formula is C19H16N2O3S. The Morgan fingerprint density at radius 1 is 1.12 bits per heavy atom. The number of rotatable bonds is 5. The van der Waals surface area contributed by atoms with Crippen LogP contribution < -0.4 is 5.32 Å². The van der Waals surface area contributed by atoms with Crippen molar-refractivity contribution in [1.29, 1.82) is 0 Å². The van der Waals surface area contributed by atoms with Crippen molar-refractivity contribution >= 4 is 40.0 Å². The van der Waals surface area contributed by atoms with Crippen LogP contribution in [-0.4, -0.2) is 27.5 Å². The van der Waals surface area contributed by atoms with Crippen LogP contribution >= 0.6 is 11.8 Å².